The topological polar surface area (TPSA) is 8.81 Å². The second-order valence-electron chi connectivity index (χ2n) is 8.62. The van der Waals surface area contributed by atoms with Gasteiger partial charge in [-0.05, 0) is 12.5 Å². The van der Waals surface area contributed by atoms with Crippen molar-refractivity contribution in [2.45, 2.75) is 59.5 Å². The lowest BCUT2D eigenvalue weighted by molar-refractivity contribution is -0.891. The smallest absolute Gasteiger partial charge is 0.202 e. The predicted molar refractivity (Wildman–Crippen MR) is 116 cm³/mol. The third kappa shape index (κ3) is 4.19. The zero-order valence-electron chi connectivity index (χ0n) is 18.0. The van der Waals surface area contributed by atoms with Gasteiger partial charge in [-0.2, -0.15) is 0 Å². The highest BCUT2D eigenvalue weighted by molar-refractivity contribution is 6.08. The fraction of sp³-hybridized carbons (Fsp3) is 0.542. The summed E-state index contributed by atoms with van der Waals surface area (Å²) < 4.78 is 6.11. The molecule has 1 aromatic carbocycles. The van der Waals surface area contributed by atoms with Crippen molar-refractivity contribution in [3.05, 3.63) is 42.2 Å². The summed E-state index contributed by atoms with van der Waals surface area (Å²) in [5, 5.41) is 2.78. The zero-order chi connectivity index (χ0) is 19.4. The number of hydrogen-bond acceptors (Lipinski definition) is 0. The first-order valence-electron chi connectivity index (χ1n) is 10.7. The first kappa shape index (κ1) is 19.9. The van der Waals surface area contributed by atoms with Crippen LogP contribution in [0.4, 0.5) is 0 Å². The van der Waals surface area contributed by atoms with Crippen LogP contribution >= 0.6 is 0 Å². The quantitative estimate of drug-likeness (QED) is 0.369. The molecule has 3 heteroatoms. The molecule has 0 aliphatic carbocycles. The second-order valence-corrected chi connectivity index (χ2v) is 8.62. The van der Waals surface area contributed by atoms with Gasteiger partial charge in [-0.25, -0.2) is 4.57 Å². The van der Waals surface area contributed by atoms with Gasteiger partial charge >= 0.3 is 0 Å². The summed E-state index contributed by atoms with van der Waals surface area (Å²) in [4.78, 5) is 0. The number of likely N-dealkylation sites (N-methyl/N-ethyl adjacent to an activating group) is 1. The van der Waals surface area contributed by atoms with Gasteiger partial charge < -0.3 is 9.05 Å². The molecule has 3 nitrogen and oxygen atoms in total. The largest absolute Gasteiger partial charge is 0.330 e. The van der Waals surface area contributed by atoms with E-state index in [0.29, 0.717) is 0 Å². The number of aromatic nitrogens is 2. The van der Waals surface area contributed by atoms with Gasteiger partial charge in [0.1, 0.15) is 12.1 Å². The molecule has 0 saturated heterocycles. The molecule has 3 rings (SSSR count). The minimum Gasteiger partial charge on any atom is -0.330 e. The van der Waals surface area contributed by atoms with Gasteiger partial charge in [-0.15, -0.1) is 0 Å². The fourth-order valence-electron chi connectivity index (χ4n) is 4.17. The van der Waals surface area contributed by atoms with Crippen LogP contribution in [0, 0.1) is 6.92 Å². The Kier molecular flexibility index (Phi) is 6.21. The average Bonchev–Trinajstić information content (AvgIpc) is 2.99. The molecular formula is C24H37N3+2. The molecule has 3 aromatic rings. The standard InChI is InChI=1S/C24H37N3/c1-6-8-15-25-16-14-22-21-12-10-11-13-23(21)26(24(22)20(25)3)17-19-27(4,5)18-9-7-2/h10-14,16H,6-9,15,17-19H2,1-5H3/q+2. The second kappa shape index (κ2) is 8.43. The molecule has 0 N–H and O–H groups in total. The summed E-state index contributed by atoms with van der Waals surface area (Å²) in [6.45, 7) is 11.4. The van der Waals surface area contributed by atoms with Crippen LogP contribution in [0.5, 0.6) is 0 Å². The van der Waals surface area contributed by atoms with Gasteiger partial charge in [-0.1, -0.05) is 44.9 Å². The number of quaternary nitrogens is 1. The lowest BCUT2D eigenvalue weighted by atomic mass is 10.1. The Balaban J connectivity index is 2.05. The molecule has 0 unspecified atom stereocenters. The number of pyridine rings is 1. The van der Waals surface area contributed by atoms with Crippen molar-refractivity contribution >= 4 is 21.8 Å². The van der Waals surface area contributed by atoms with Crippen molar-refractivity contribution < 1.29 is 9.05 Å². The van der Waals surface area contributed by atoms with Gasteiger partial charge in [0.05, 0.1) is 33.7 Å². The number of rotatable bonds is 9. The van der Waals surface area contributed by atoms with Crippen LogP contribution in [0.15, 0.2) is 36.5 Å². The van der Waals surface area contributed by atoms with Crippen molar-refractivity contribution in [3.63, 3.8) is 0 Å². The Morgan fingerprint density at radius 3 is 2.41 bits per heavy atom. The lowest BCUT2D eigenvalue weighted by Crippen LogP contribution is -2.43. The van der Waals surface area contributed by atoms with Crippen LogP contribution in [0.3, 0.4) is 0 Å². The highest BCUT2D eigenvalue weighted by atomic mass is 15.3. The number of unbranched alkanes of at least 4 members (excludes halogenated alkanes) is 2. The number of nitrogens with zero attached hydrogens (tertiary/aromatic N) is 3. The van der Waals surface area contributed by atoms with Crippen LogP contribution in [0.2, 0.25) is 0 Å². The minimum atomic E-state index is 1.07. The molecule has 0 fully saturated rings. The molecule has 2 aromatic heterocycles. The van der Waals surface area contributed by atoms with Crippen molar-refractivity contribution in [1.82, 2.24) is 4.57 Å². The predicted octanol–water partition coefficient (Wildman–Crippen LogP) is 5.07. The first-order chi connectivity index (χ1) is 13.0. The summed E-state index contributed by atoms with van der Waals surface area (Å²) in [7, 11) is 4.75. The first-order valence-corrected chi connectivity index (χ1v) is 10.7. The molecule has 2 heterocycles. The van der Waals surface area contributed by atoms with Crippen molar-refractivity contribution in [3.8, 4) is 0 Å². The molecule has 0 radical (unpaired) electrons. The maximum atomic E-state index is 2.58. The Morgan fingerprint density at radius 1 is 0.926 bits per heavy atom. The highest BCUT2D eigenvalue weighted by Crippen LogP contribution is 2.29. The molecular weight excluding hydrogens is 330 g/mol. The summed E-state index contributed by atoms with van der Waals surface area (Å²) >= 11 is 0. The Labute approximate surface area is 164 Å². The minimum absolute atomic E-state index is 1.07. The van der Waals surface area contributed by atoms with Gasteiger partial charge in [0.15, 0.2) is 6.20 Å². The van der Waals surface area contributed by atoms with E-state index >= 15 is 0 Å². The maximum absolute atomic E-state index is 2.58. The number of para-hydroxylation sites is 1. The van der Waals surface area contributed by atoms with E-state index in [-0.39, 0.29) is 0 Å². The van der Waals surface area contributed by atoms with Crippen LogP contribution in [-0.2, 0) is 13.1 Å². The highest BCUT2D eigenvalue weighted by Gasteiger charge is 2.21. The van der Waals surface area contributed by atoms with Crippen molar-refractivity contribution in [1.29, 1.82) is 0 Å². The molecule has 0 spiro atoms. The number of benzene rings is 1. The molecule has 0 aliphatic heterocycles. The maximum Gasteiger partial charge on any atom is 0.202 e. The van der Waals surface area contributed by atoms with Gasteiger partial charge in [0.25, 0.3) is 0 Å². The van der Waals surface area contributed by atoms with E-state index in [2.05, 4.69) is 80.5 Å². The number of fused-ring (bicyclic) bond motifs is 3. The number of aryl methyl sites for hydroxylation is 2. The lowest BCUT2D eigenvalue weighted by Gasteiger charge is -2.30. The summed E-state index contributed by atoms with van der Waals surface area (Å²) in [6, 6.07) is 11.2. The van der Waals surface area contributed by atoms with Crippen LogP contribution in [-0.4, -0.2) is 36.2 Å². The van der Waals surface area contributed by atoms with E-state index in [0.717, 1.165) is 24.1 Å². The van der Waals surface area contributed by atoms with Crippen LogP contribution in [0.1, 0.15) is 45.2 Å². The van der Waals surface area contributed by atoms with E-state index in [4.69, 9.17) is 0 Å². The molecule has 0 atom stereocenters. The van der Waals surface area contributed by atoms with Crippen LogP contribution < -0.4 is 4.57 Å². The van der Waals surface area contributed by atoms with E-state index < -0.39 is 0 Å². The Morgan fingerprint density at radius 2 is 1.67 bits per heavy atom. The Hall–Kier alpha value is -1.87. The van der Waals surface area contributed by atoms with E-state index in [1.165, 1.54) is 59.7 Å². The van der Waals surface area contributed by atoms with E-state index in [1.807, 2.05) is 0 Å². The molecule has 0 bridgehead atoms. The molecule has 0 saturated carbocycles. The van der Waals surface area contributed by atoms with Crippen LogP contribution in [0.25, 0.3) is 21.8 Å². The average molecular weight is 368 g/mol. The van der Waals surface area contributed by atoms with Gasteiger partial charge in [0, 0.05) is 35.7 Å². The van der Waals surface area contributed by atoms with Gasteiger partial charge in [0.2, 0.25) is 5.69 Å². The van der Waals surface area contributed by atoms with E-state index in [9.17, 15) is 0 Å². The summed E-state index contributed by atoms with van der Waals surface area (Å²) in [5.74, 6) is 0. The molecule has 0 amide bonds. The summed E-state index contributed by atoms with van der Waals surface area (Å²) in [6.07, 6.45) is 7.32. The normalized spacial score (nSPS) is 12.3. The number of hydrogen-bond donors (Lipinski definition) is 0. The zero-order valence-corrected chi connectivity index (χ0v) is 18.0. The molecule has 27 heavy (non-hydrogen) atoms. The molecule has 0 aliphatic rings. The monoisotopic (exact) mass is 367 g/mol. The third-order valence-corrected chi connectivity index (χ3v) is 6.00. The fourth-order valence-corrected chi connectivity index (χ4v) is 4.17. The third-order valence-electron chi connectivity index (χ3n) is 6.00. The Bertz CT molecular complexity index is 905. The van der Waals surface area contributed by atoms with E-state index in [1.54, 1.807) is 0 Å². The van der Waals surface area contributed by atoms with Crippen molar-refractivity contribution in [2.75, 3.05) is 27.2 Å². The van der Waals surface area contributed by atoms with Crippen molar-refractivity contribution in [2.24, 2.45) is 0 Å². The molecule has 146 valence electrons. The van der Waals surface area contributed by atoms with Gasteiger partial charge in [-0.3, -0.25) is 0 Å². The summed E-state index contributed by atoms with van der Waals surface area (Å²) in [5.41, 5.74) is 4.20. The SMILES string of the molecule is CCCC[n+]1ccc2c3ccccc3n(CC[N+](C)(C)CCCC)c2c1C.